The average molecular weight is 404 g/mol. The van der Waals surface area contributed by atoms with Crippen molar-refractivity contribution in [1.82, 2.24) is 9.21 Å². The third-order valence-electron chi connectivity index (χ3n) is 4.62. The lowest BCUT2D eigenvalue weighted by Crippen LogP contribution is -2.47. The number of sulfonamides is 1. The first-order valence-corrected chi connectivity index (χ1v) is 10.7. The minimum Gasteiger partial charge on any atom is -0.494 e. The van der Waals surface area contributed by atoms with Gasteiger partial charge in [-0.15, -0.1) is 0 Å². The molecule has 0 aliphatic carbocycles. The van der Waals surface area contributed by atoms with Gasteiger partial charge in [-0.3, -0.25) is 4.79 Å². The van der Waals surface area contributed by atoms with Crippen LogP contribution in [0.3, 0.4) is 0 Å². The first-order chi connectivity index (χ1) is 13.4. The summed E-state index contributed by atoms with van der Waals surface area (Å²) < 4.78 is 32.6. The van der Waals surface area contributed by atoms with Gasteiger partial charge >= 0.3 is 0 Å². The number of carbonyl (C=O) groups is 1. The molecular formula is C20H25N3O4S. The fraction of sp³-hybridized carbons (Fsp3) is 0.350. The molecule has 2 aromatic carbocycles. The number of piperazine rings is 1. The summed E-state index contributed by atoms with van der Waals surface area (Å²) in [7, 11) is -1.65. The Morgan fingerprint density at radius 3 is 2.39 bits per heavy atom. The summed E-state index contributed by atoms with van der Waals surface area (Å²) >= 11 is 0. The summed E-state index contributed by atoms with van der Waals surface area (Å²) in [5.74, 6) is 0.361. The number of benzene rings is 2. The van der Waals surface area contributed by atoms with E-state index < -0.39 is 10.0 Å². The molecule has 1 saturated heterocycles. The molecule has 1 aliphatic rings. The number of amides is 1. The van der Waals surface area contributed by atoms with Crippen LogP contribution in [0.2, 0.25) is 0 Å². The Labute approximate surface area is 166 Å². The third-order valence-corrected chi connectivity index (χ3v) is 6.51. The second-order valence-electron chi connectivity index (χ2n) is 6.65. The van der Waals surface area contributed by atoms with E-state index in [0.717, 1.165) is 5.75 Å². The van der Waals surface area contributed by atoms with E-state index in [1.54, 1.807) is 36.4 Å². The van der Waals surface area contributed by atoms with Gasteiger partial charge in [0.05, 0.1) is 11.5 Å². The lowest BCUT2D eigenvalue weighted by Gasteiger charge is -2.31. The van der Waals surface area contributed by atoms with Gasteiger partial charge in [-0.05, 0) is 56.4 Å². The smallest absolute Gasteiger partial charge is 0.255 e. The van der Waals surface area contributed by atoms with Crippen molar-refractivity contribution >= 4 is 21.6 Å². The highest BCUT2D eigenvalue weighted by atomic mass is 32.2. The summed E-state index contributed by atoms with van der Waals surface area (Å²) in [5, 5.41) is 2.78. The zero-order valence-electron chi connectivity index (χ0n) is 16.1. The normalized spacial score (nSPS) is 15.9. The molecule has 150 valence electrons. The van der Waals surface area contributed by atoms with Gasteiger partial charge in [0.2, 0.25) is 10.0 Å². The van der Waals surface area contributed by atoms with Crippen molar-refractivity contribution in [2.24, 2.45) is 0 Å². The summed E-state index contributed by atoms with van der Waals surface area (Å²) in [6, 6.07) is 13.2. The number of nitrogens with zero attached hydrogens (tertiary/aromatic N) is 2. The predicted octanol–water partition coefficient (Wildman–Crippen LogP) is 2.27. The van der Waals surface area contributed by atoms with Gasteiger partial charge in [0.15, 0.2) is 0 Å². The van der Waals surface area contributed by atoms with Gasteiger partial charge in [-0.1, -0.05) is 6.07 Å². The quantitative estimate of drug-likeness (QED) is 0.801. The van der Waals surface area contributed by atoms with E-state index in [1.165, 1.54) is 16.4 Å². The molecule has 8 heteroatoms. The third kappa shape index (κ3) is 4.70. The Morgan fingerprint density at radius 1 is 1.07 bits per heavy atom. The Kier molecular flexibility index (Phi) is 6.33. The maximum absolute atomic E-state index is 12.9. The van der Waals surface area contributed by atoms with Gasteiger partial charge < -0.3 is 15.0 Å². The van der Waals surface area contributed by atoms with E-state index in [0.29, 0.717) is 44.0 Å². The molecule has 0 aromatic heterocycles. The zero-order chi connectivity index (χ0) is 20.1. The lowest BCUT2D eigenvalue weighted by atomic mass is 10.2. The SMILES string of the molecule is CCOc1ccc(NC(=O)c2cccc(S(=O)(=O)N3CCN(C)CC3)c2)cc1. The van der Waals surface area contributed by atoms with Gasteiger partial charge in [0, 0.05) is 37.4 Å². The fourth-order valence-electron chi connectivity index (χ4n) is 2.98. The summed E-state index contributed by atoms with van der Waals surface area (Å²) in [4.78, 5) is 14.8. The van der Waals surface area contributed by atoms with Crippen LogP contribution in [0, 0.1) is 0 Å². The van der Waals surface area contributed by atoms with Crippen molar-refractivity contribution in [3.63, 3.8) is 0 Å². The standard InChI is InChI=1S/C20H25N3O4S/c1-3-27-18-9-7-17(8-10-18)21-20(24)16-5-4-6-19(15-16)28(25,26)23-13-11-22(2)12-14-23/h4-10,15H,3,11-14H2,1-2H3,(H,21,24). The van der Waals surface area contributed by atoms with Crippen molar-refractivity contribution in [2.45, 2.75) is 11.8 Å². The molecule has 1 aliphatic heterocycles. The number of hydrogen-bond acceptors (Lipinski definition) is 5. The molecule has 1 heterocycles. The number of carbonyl (C=O) groups excluding carboxylic acids is 1. The van der Waals surface area contributed by atoms with E-state index in [4.69, 9.17) is 4.74 Å². The molecule has 0 radical (unpaired) electrons. The van der Waals surface area contributed by atoms with Gasteiger partial charge in [-0.25, -0.2) is 8.42 Å². The minimum absolute atomic E-state index is 0.136. The molecule has 0 spiro atoms. The number of ether oxygens (including phenoxy) is 1. The predicted molar refractivity (Wildman–Crippen MR) is 108 cm³/mol. The number of hydrogen-bond donors (Lipinski definition) is 1. The fourth-order valence-corrected chi connectivity index (χ4v) is 4.45. The molecule has 0 atom stereocenters. The van der Waals surface area contributed by atoms with Gasteiger partial charge in [0.1, 0.15) is 5.75 Å². The van der Waals surface area contributed by atoms with Crippen LogP contribution in [-0.2, 0) is 10.0 Å². The molecular weight excluding hydrogens is 378 g/mol. The van der Waals surface area contributed by atoms with Crippen LogP contribution in [0.5, 0.6) is 5.75 Å². The molecule has 2 aromatic rings. The van der Waals surface area contributed by atoms with E-state index in [1.807, 2.05) is 14.0 Å². The molecule has 0 saturated carbocycles. The first-order valence-electron chi connectivity index (χ1n) is 9.23. The second-order valence-corrected chi connectivity index (χ2v) is 8.58. The molecule has 1 amide bonds. The van der Waals surface area contributed by atoms with Gasteiger partial charge in [-0.2, -0.15) is 4.31 Å². The summed E-state index contributed by atoms with van der Waals surface area (Å²) in [6.45, 7) is 4.75. The highest BCUT2D eigenvalue weighted by Crippen LogP contribution is 2.20. The van der Waals surface area contributed by atoms with Crippen molar-refractivity contribution in [3.05, 3.63) is 54.1 Å². The molecule has 1 fully saturated rings. The topological polar surface area (TPSA) is 78.9 Å². The number of nitrogens with one attached hydrogen (secondary N) is 1. The maximum Gasteiger partial charge on any atom is 0.255 e. The largest absolute Gasteiger partial charge is 0.494 e. The first kappa shape index (κ1) is 20.3. The van der Waals surface area contributed by atoms with Gasteiger partial charge in [0.25, 0.3) is 5.91 Å². The van der Waals surface area contributed by atoms with Crippen LogP contribution in [0.25, 0.3) is 0 Å². The van der Waals surface area contributed by atoms with Crippen LogP contribution < -0.4 is 10.1 Å². The maximum atomic E-state index is 12.9. The van der Waals surface area contributed by atoms with E-state index in [-0.39, 0.29) is 10.8 Å². The molecule has 0 unspecified atom stereocenters. The minimum atomic E-state index is -3.62. The zero-order valence-corrected chi connectivity index (χ0v) is 16.9. The van der Waals surface area contributed by atoms with E-state index in [2.05, 4.69) is 10.2 Å². The van der Waals surface area contributed by atoms with Crippen molar-refractivity contribution in [2.75, 3.05) is 45.2 Å². The molecule has 7 nitrogen and oxygen atoms in total. The van der Waals surface area contributed by atoms with Crippen molar-refractivity contribution < 1.29 is 17.9 Å². The van der Waals surface area contributed by atoms with Crippen LogP contribution in [0.1, 0.15) is 17.3 Å². The highest BCUT2D eigenvalue weighted by molar-refractivity contribution is 7.89. The van der Waals surface area contributed by atoms with Crippen LogP contribution in [0.15, 0.2) is 53.4 Å². The average Bonchev–Trinajstić information content (AvgIpc) is 2.70. The van der Waals surface area contributed by atoms with E-state index in [9.17, 15) is 13.2 Å². The highest BCUT2D eigenvalue weighted by Gasteiger charge is 2.27. The monoisotopic (exact) mass is 403 g/mol. The molecule has 3 rings (SSSR count). The van der Waals surface area contributed by atoms with Crippen LogP contribution >= 0.6 is 0 Å². The number of rotatable bonds is 6. The molecule has 0 bridgehead atoms. The van der Waals surface area contributed by atoms with Crippen molar-refractivity contribution in [3.8, 4) is 5.75 Å². The number of likely N-dealkylation sites (N-methyl/N-ethyl adjacent to an activating group) is 1. The van der Waals surface area contributed by atoms with Crippen LogP contribution in [0.4, 0.5) is 5.69 Å². The second kappa shape index (κ2) is 8.72. The van der Waals surface area contributed by atoms with Crippen LogP contribution in [-0.4, -0.2) is 63.4 Å². The Hall–Kier alpha value is -2.42. The molecule has 28 heavy (non-hydrogen) atoms. The summed E-state index contributed by atoms with van der Waals surface area (Å²) in [6.07, 6.45) is 0. The molecule has 1 N–H and O–H groups in total. The Balaban J connectivity index is 1.74. The Bertz CT molecular complexity index is 921. The number of anilines is 1. The Morgan fingerprint density at radius 2 is 1.75 bits per heavy atom. The summed E-state index contributed by atoms with van der Waals surface area (Å²) in [5.41, 5.74) is 0.907. The lowest BCUT2D eigenvalue weighted by molar-refractivity contribution is 0.102. The van der Waals surface area contributed by atoms with Crippen molar-refractivity contribution in [1.29, 1.82) is 0 Å². The van der Waals surface area contributed by atoms with E-state index >= 15 is 0 Å².